The van der Waals surface area contributed by atoms with E-state index in [1.165, 1.54) is 0 Å². The van der Waals surface area contributed by atoms with Gasteiger partial charge in [0.15, 0.2) is 0 Å². The van der Waals surface area contributed by atoms with Crippen LogP contribution in [0.3, 0.4) is 0 Å². The van der Waals surface area contributed by atoms with Gasteiger partial charge in [-0.15, -0.1) is 0 Å². The number of amides is 1. The van der Waals surface area contributed by atoms with Crippen molar-refractivity contribution in [3.8, 4) is 0 Å². The van der Waals surface area contributed by atoms with Gasteiger partial charge in [-0.05, 0) is 13.8 Å². The molecule has 0 atom stereocenters. The van der Waals surface area contributed by atoms with Crippen LogP contribution in [0.4, 0.5) is 0 Å². The van der Waals surface area contributed by atoms with Crippen molar-refractivity contribution in [2.75, 3.05) is 6.54 Å². The summed E-state index contributed by atoms with van der Waals surface area (Å²) in [5, 5.41) is 2.80. The number of carbonyl (C=O) groups is 1. The summed E-state index contributed by atoms with van der Waals surface area (Å²) in [6.07, 6.45) is 4.51. The smallest absolute Gasteiger partial charge is 0.221 e. The van der Waals surface area contributed by atoms with Crippen LogP contribution in [0, 0.1) is 0 Å². The maximum atomic E-state index is 11.4. The first-order valence-electron chi connectivity index (χ1n) is 5.01. The summed E-state index contributed by atoms with van der Waals surface area (Å²) in [5.74, 6) is 0.858. The van der Waals surface area contributed by atoms with Crippen LogP contribution in [-0.4, -0.2) is 28.0 Å². The molecule has 0 unspecified atom stereocenters. The fraction of sp³-hybridized carbons (Fsp3) is 0.600. The number of hydrogen-bond acceptors (Lipinski definition) is 3. The van der Waals surface area contributed by atoms with Gasteiger partial charge in [0, 0.05) is 37.3 Å². The molecule has 1 amide bonds. The minimum atomic E-state index is -0.450. The van der Waals surface area contributed by atoms with Crippen molar-refractivity contribution < 1.29 is 4.79 Å². The lowest BCUT2D eigenvalue weighted by molar-refractivity contribution is -0.121. The highest BCUT2D eigenvalue weighted by molar-refractivity contribution is 5.77. The number of aromatic amines is 1. The van der Waals surface area contributed by atoms with Gasteiger partial charge >= 0.3 is 0 Å². The molecule has 1 aromatic heterocycles. The largest absolute Gasteiger partial charge is 0.356 e. The normalized spacial score (nSPS) is 11.4. The summed E-state index contributed by atoms with van der Waals surface area (Å²) in [4.78, 5) is 18.4. The number of hydrogen-bond donors (Lipinski definition) is 3. The average molecular weight is 210 g/mol. The highest BCUT2D eigenvalue weighted by atomic mass is 16.1. The summed E-state index contributed by atoms with van der Waals surface area (Å²) in [7, 11) is 0. The zero-order valence-electron chi connectivity index (χ0n) is 9.21. The molecule has 0 spiro atoms. The molecule has 4 N–H and O–H groups in total. The molecule has 1 aromatic rings. The van der Waals surface area contributed by atoms with E-state index >= 15 is 0 Å². The van der Waals surface area contributed by atoms with Gasteiger partial charge in [0.2, 0.25) is 5.91 Å². The molecule has 0 bridgehead atoms. The lowest BCUT2D eigenvalue weighted by atomic mass is 10.0. The second-order valence-corrected chi connectivity index (χ2v) is 4.30. The maximum Gasteiger partial charge on any atom is 0.221 e. The third-order valence-corrected chi connectivity index (χ3v) is 1.85. The minimum Gasteiger partial charge on any atom is -0.356 e. The Morgan fingerprint density at radius 3 is 2.93 bits per heavy atom. The van der Waals surface area contributed by atoms with Gasteiger partial charge < -0.3 is 16.0 Å². The van der Waals surface area contributed by atoms with Crippen molar-refractivity contribution in [1.29, 1.82) is 0 Å². The Labute approximate surface area is 89.5 Å². The summed E-state index contributed by atoms with van der Waals surface area (Å²) in [6, 6.07) is 0. The molecule has 84 valence electrons. The average Bonchev–Trinajstić information content (AvgIpc) is 2.53. The number of nitrogens with zero attached hydrogens (tertiary/aromatic N) is 1. The Morgan fingerprint density at radius 1 is 1.67 bits per heavy atom. The lowest BCUT2D eigenvalue weighted by Gasteiger charge is -2.17. The van der Waals surface area contributed by atoms with E-state index in [1.807, 2.05) is 13.8 Å². The van der Waals surface area contributed by atoms with E-state index in [-0.39, 0.29) is 5.91 Å². The number of carbonyl (C=O) groups excluding carboxylic acids is 1. The number of rotatable bonds is 5. The van der Waals surface area contributed by atoms with Crippen LogP contribution in [-0.2, 0) is 11.2 Å². The maximum absolute atomic E-state index is 11.4. The summed E-state index contributed by atoms with van der Waals surface area (Å²) < 4.78 is 0. The van der Waals surface area contributed by atoms with Crippen LogP contribution in [0.2, 0.25) is 0 Å². The molecule has 0 radical (unpaired) electrons. The number of nitrogens with one attached hydrogen (secondary N) is 2. The lowest BCUT2D eigenvalue weighted by Crippen LogP contribution is -2.39. The van der Waals surface area contributed by atoms with Crippen molar-refractivity contribution in [3.05, 3.63) is 18.2 Å². The third-order valence-electron chi connectivity index (χ3n) is 1.85. The molecule has 0 saturated heterocycles. The zero-order valence-corrected chi connectivity index (χ0v) is 9.21. The standard InChI is InChI=1S/C10H18N4O/c1-10(2,11)7-9(15)14-4-3-8-12-5-6-13-8/h5-6H,3-4,7,11H2,1-2H3,(H,12,13)(H,14,15). The molecule has 0 aliphatic rings. The Bertz CT molecular complexity index is 300. The van der Waals surface area contributed by atoms with Gasteiger partial charge in [-0.2, -0.15) is 0 Å². The van der Waals surface area contributed by atoms with Crippen LogP contribution >= 0.6 is 0 Å². The van der Waals surface area contributed by atoms with Crippen LogP contribution in [0.1, 0.15) is 26.1 Å². The summed E-state index contributed by atoms with van der Waals surface area (Å²) in [5.41, 5.74) is 5.27. The molecule has 1 rings (SSSR count). The van der Waals surface area contributed by atoms with E-state index in [2.05, 4.69) is 15.3 Å². The zero-order chi connectivity index (χ0) is 11.3. The van der Waals surface area contributed by atoms with Crippen LogP contribution in [0.25, 0.3) is 0 Å². The van der Waals surface area contributed by atoms with Crippen molar-refractivity contribution in [1.82, 2.24) is 15.3 Å². The summed E-state index contributed by atoms with van der Waals surface area (Å²) >= 11 is 0. The van der Waals surface area contributed by atoms with E-state index in [4.69, 9.17) is 5.73 Å². The van der Waals surface area contributed by atoms with E-state index < -0.39 is 5.54 Å². The van der Waals surface area contributed by atoms with Crippen LogP contribution in [0.5, 0.6) is 0 Å². The van der Waals surface area contributed by atoms with Crippen LogP contribution in [0.15, 0.2) is 12.4 Å². The summed E-state index contributed by atoms with van der Waals surface area (Å²) in [6.45, 7) is 4.25. The first-order valence-corrected chi connectivity index (χ1v) is 5.01. The predicted octanol–water partition coefficient (Wildman–Crippen LogP) is 0.196. The molecule has 5 nitrogen and oxygen atoms in total. The van der Waals surface area contributed by atoms with Gasteiger partial charge in [-0.3, -0.25) is 4.79 Å². The topological polar surface area (TPSA) is 83.8 Å². The van der Waals surface area contributed by atoms with Crippen molar-refractivity contribution in [2.45, 2.75) is 32.2 Å². The van der Waals surface area contributed by atoms with Crippen molar-refractivity contribution in [2.24, 2.45) is 5.73 Å². The Morgan fingerprint density at radius 2 is 2.40 bits per heavy atom. The number of imidazole rings is 1. The van der Waals surface area contributed by atoms with Crippen molar-refractivity contribution in [3.63, 3.8) is 0 Å². The molecule has 0 aliphatic heterocycles. The molecule has 0 aliphatic carbocycles. The number of nitrogens with two attached hydrogens (primary N) is 1. The van der Waals surface area contributed by atoms with E-state index in [1.54, 1.807) is 12.4 Å². The third kappa shape index (κ3) is 5.17. The number of aromatic nitrogens is 2. The van der Waals surface area contributed by atoms with Gasteiger partial charge in [-0.1, -0.05) is 0 Å². The SMILES string of the molecule is CC(C)(N)CC(=O)NCCc1ncc[nH]1. The van der Waals surface area contributed by atoms with Gasteiger partial charge in [-0.25, -0.2) is 4.98 Å². The Hall–Kier alpha value is -1.36. The van der Waals surface area contributed by atoms with Crippen molar-refractivity contribution >= 4 is 5.91 Å². The molecule has 1 heterocycles. The molecule has 15 heavy (non-hydrogen) atoms. The van der Waals surface area contributed by atoms with E-state index in [0.717, 1.165) is 5.82 Å². The molecule has 0 fully saturated rings. The first kappa shape index (κ1) is 11.7. The molecule has 0 saturated carbocycles. The first-order chi connectivity index (χ1) is 6.97. The monoisotopic (exact) mass is 210 g/mol. The van der Waals surface area contributed by atoms with Gasteiger partial charge in [0.1, 0.15) is 5.82 Å². The predicted molar refractivity (Wildman–Crippen MR) is 58.2 cm³/mol. The number of H-pyrrole nitrogens is 1. The van der Waals surface area contributed by atoms with Crippen LogP contribution < -0.4 is 11.1 Å². The fourth-order valence-electron chi connectivity index (χ4n) is 1.23. The molecular formula is C10H18N4O. The highest BCUT2D eigenvalue weighted by Crippen LogP contribution is 2.02. The second kappa shape index (κ2) is 4.93. The van der Waals surface area contributed by atoms with E-state index in [0.29, 0.717) is 19.4 Å². The second-order valence-electron chi connectivity index (χ2n) is 4.30. The fourth-order valence-corrected chi connectivity index (χ4v) is 1.23. The quantitative estimate of drug-likeness (QED) is 0.649. The Kier molecular flexibility index (Phi) is 3.85. The Balaban J connectivity index is 2.18. The highest BCUT2D eigenvalue weighted by Gasteiger charge is 2.15. The molecular weight excluding hydrogens is 192 g/mol. The van der Waals surface area contributed by atoms with Gasteiger partial charge in [0.05, 0.1) is 0 Å². The molecule has 0 aromatic carbocycles. The van der Waals surface area contributed by atoms with Gasteiger partial charge in [0.25, 0.3) is 0 Å². The van der Waals surface area contributed by atoms with E-state index in [9.17, 15) is 4.79 Å². The molecule has 5 heteroatoms. The minimum absolute atomic E-state index is 0.0194.